The normalized spacial score (nSPS) is 11.1. The zero-order valence-electron chi connectivity index (χ0n) is 40.2. The molecular weight excluding hydrogens is 978 g/mol. The Labute approximate surface area is 433 Å². The first-order valence-corrected chi connectivity index (χ1v) is 24.5. The zero-order chi connectivity index (χ0) is 52.0. The van der Waals surface area contributed by atoms with Crippen LogP contribution in [0.4, 0.5) is 22.7 Å². The van der Waals surface area contributed by atoms with Crippen LogP contribution in [0.15, 0.2) is 134 Å². The molecule has 0 atom stereocenters. The summed E-state index contributed by atoms with van der Waals surface area (Å²) in [6.45, 7) is 11.0. The summed E-state index contributed by atoms with van der Waals surface area (Å²) in [6, 6.07) is 36.2. The van der Waals surface area contributed by atoms with Crippen LogP contribution in [0.1, 0.15) is 90.0 Å². The highest BCUT2D eigenvalue weighted by atomic mass is 35.5. The fourth-order valence-corrected chi connectivity index (χ4v) is 9.10. The lowest BCUT2D eigenvalue weighted by atomic mass is 9.85. The number of nitriles is 2. The maximum atomic E-state index is 13.1. The minimum Gasteiger partial charge on any atom is -0.322 e. The van der Waals surface area contributed by atoms with E-state index in [2.05, 4.69) is 58.3 Å². The number of carbonyl (C=O) groups is 4. The van der Waals surface area contributed by atoms with E-state index in [1.807, 2.05) is 50.2 Å². The number of nitrogens with one attached hydrogen (secondary N) is 4. The number of halogens is 1. The molecule has 0 aliphatic heterocycles. The Morgan fingerprint density at radius 1 is 0.562 bits per heavy atom. The molecule has 0 bridgehead atoms. The predicted octanol–water partition coefficient (Wildman–Crippen LogP) is 12.3. The van der Waals surface area contributed by atoms with Crippen molar-refractivity contribution in [3.63, 3.8) is 0 Å². The fourth-order valence-electron chi connectivity index (χ4n) is 7.15. The van der Waals surface area contributed by atoms with Crippen LogP contribution in [-0.2, 0) is 10.8 Å². The van der Waals surface area contributed by atoms with Crippen LogP contribution >= 0.6 is 34.3 Å². The molecule has 0 aliphatic carbocycles. The third-order valence-corrected chi connectivity index (χ3v) is 13.8. The summed E-state index contributed by atoms with van der Waals surface area (Å²) in [4.78, 5) is 75.5. The largest absolute Gasteiger partial charge is 0.322 e. The Balaban J connectivity index is 0.000000197. The standard InChI is InChI=1S/C30H24N6O2S.C25H20ClN5O2S/c1-18-9-10-22(34-27(37)19-6-4-8-21(12-19)30(2,3)17-31)13-23(18)35-28(38)26-14-24-29(39-26)36-25(16-33-24)20-7-5-11-32-15-20;1-14-7-8-17(29-22(32)15-5-4-6-16(9-15)25(2,3)13-27)10-18(14)30-23(33)20-11-19-24(34-20)31-21(26)12-28-19/h4-16H,1-3H3,(H,34,37)(H,35,38);4-12H,1-3H3,(H,29,32)(H,30,33). The molecule has 5 aromatic heterocycles. The second-order valence-electron chi connectivity index (χ2n) is 17.8. The molecule has 5 heterocycles. The fraction of sp³-hybridized carbons (Fsp3) is 0.145. The Kier molecular flexibility index (Phi) is 14.8. The van der Waals surface area contributed by atoms with Gasteiger partial charge in [0.15, 0.2) is 0 Å². The van der Waals surface area contributed by atoms with E-state index in [1.165, 1.54) is 28.9 Å². The number of thiophene rings is 2. The molecule has 0 radical (unpaired) electrons. The van der Waals surface area contributed by atoms with Gasteiger partial charge in [0, 0.05) is 51.8 Å². The van der Waals surface area contributed by atoms with Gasteiger partial charge >= 0.3 is 0 Å². The van der Waals surface area contributed by atoms with Crippen molar-refractivity contribution in [2.45, 2.75) is 52.4 Å². The van der Waals surface area contributed by atoms with Crippen molar-refractivity contribution < 1.29 is 19.2 Å². The van der Waals surface area contributed by atoms with Gasteiger partial charge in [-0.15, -0.1) is 22.7 Å². The Morgan fingerprint density at radius 2 is 1.05 bits per heavy atom. The minimum atomic E-state index is -0.713. The highest BCUT2D eigenvalue weighted by Gasteiger charge is 2.23. The van der Waals surface area contributed by atoms with Crippen LogP contribution in [0.5, 0.6) is 0 Å². The lowest BCUT2D eigenvalue weighted by Crippen LogP contribution is -2.17. The third kappa shape index (κ3) is 11.9. The van der Waals surface area contributed by atoms with Gasteiger partial charge in [-0.25, -0.2) is 9.97 Å². The van der Waals surface area contributed by atoms with Gasteiger partial charge in [0.1, 0.15) is 25.8 Å². The maximum Gasteiger partial charge on any atom is 0.265 e. The van der Waals surface area contributed by atoms with Gasteiger partial charge in [0.2, 0.25) is 0 Å². The number of benzene rings is 4. The first kappa shape index (κ1) is 50.6. The van der Waals surface area contributed by atoms with Crippen LogP contribution in [0.25, 0.3) is 32.0 Å². The number of nitrogens with zero attached hydrogens (tertiary/aromatic N) is 7. The number of anilines is 4. The molecule has 15 nitrogen and oxygen atoms in total. The molecule has 362 valence electrons. The van der Waals surface area contributed by atoms with Gasteiger partial charge in [-0.3, -0.25) is 34.1 Å². The molecular formula is C55H44ClN11O4S2. The molecule has 0 spiro atoms. The van der Waals surface area contributed by atoms with Crippen molar-refractivity contribution in [1.82, 2.24) is 24.9 Å². The maximum absolute atomic E-state index is 13.1. The van der Waals surface area contributed by atoms with Gasteiger partial charge in [-0.1, -0.05) is 48.0 Å². The number of hydrogen-bond donors (Lipinski definition) is 4. The average molecular weight is 1020 g/mol. The van der Waals surface area contributed by atoms with E-state index < -0.39 is 10.8 Å². The second-order valence-corrected chi connectivity index (χ2v) is 20.3. The smallest absolute Gasteiger partial charge is 0.265 e. The molecule has 73 heavy (non-hydrogen) atoms. The lowest BCUT2D eigenvalue weighted by molar-refractivity contribution is 0.101. The van der Waals surface area contributed by atoms with E-state index in [4.69, 9.17) is 11.6 Å². The van der Waals surface area contributed by atoms with E-state index in [-0.39, 0.29) is 28.8 Å². The molecule has 9 rings (SSSR count). The first-order valence-electron chi connectivity index (χ1n) is 22.5. The molecule has 4 N–H and O–H groups in total. The van der Waals surface area contributed by atoms with Crippen LogP contribution in [0.3, 0.4) is 0 Å². The Bertz CT molecular complexity index is 3710. The van der Waals surface area contributed by atoms with Crippen molar-refractivity contribution in [3.05, 3.63) is 182 Å². The number of carbonyl (C=O) groups excluding carboxylic acids is 4. The molecule has 9 aromatic rings. The lowest BCUT2D eigenvalue weighted by Gasteiger charge is -2.17. The average Bonchev–Trinajstić information content (AvgIpc) is 4.03. The van der Waals surface area contributed by atoms with E-state index in [1.54, 1.807) is 119 Å². The third-order valence-electron chi connectivity index (χ3n) is 11.6. The van der Waals surface area contributed by atoms with E-state index in [0.717, 1.165) is 27.8 Å². The first-order chi connectivity index (χ1) is 34.9. The topological polar surface area (TPSA) is 228 Å². The molecule has 0 unspecified atom stereocenters. The summed E-state index contributed by atoms with van der Waals surface area (Å²) < 4.78 is 0. The SMILES string of the molecule is Cc1ccc(NC(=O)c2cccc(C(C)(C)C#N)c2)cc1NC(=O)c1cc2ncc(-c3cccnc3)nc2s1.Cc1ccc(NC(=O)c2cccc(C(C)(C)C#N)c2)cc1NC(=O)c1cc2ncc(Cl)nc2s1. The number of rotatable bonds is 11. The molecule has 4 aromatic carbocycles. The van der Waals surface area contributed by atoms with Crippen molar-refractivity contribution in [1.29, 1.82) is 10.5 Å². The van der Waals surface area contributed by atoms with Crippen LogP contribution in [0.2, 0.25) is 5.15 Å². The molecule has 4 amide bonds. The van der Waals surface area contributed by atoms with Gasteiger partial charge in [0.05, 0.1) is 50.8 Å². The number of fused-ring (bicyclic) bond motifs is 2. The molecule has 18 heteroatoms. The highest BCUT2D eigenvalue weighted by Crippen LogP contribution is 2.31. The van der Waals surface area contributed by atoms with Crippen molar-refractivity contribution in [2.24, 2.45) is 0 Å². The van der Waals surface area contributed by atoms with Gasteiger partial charge in [-0.05, 0) is 137 Å². The van der Waals surface area contributed by atoms with E-state index in [0.29, 0.717) is 70.0 Å². The zero-order valence-corrected chi connectivity index (χ0v) is 42.5. The second kappa shape index (κ2) is 21.3. The summed E-state index contributed by atoms with van der Waals surface area (Å²) in [6.07, 6.45) is 6.52. The summed E-state index contributed by atoms with van der Waals surface area (Å²) in [7, 11) is 0. The van der Waals surface area contributed by atoms with E-state index >= 15 is 0 Å². The highest BCUT2D eigenvalue weighted by molar-refractivity contribution is 7.20. The number of aryl methyl sites for hydroxylation is 2. The number of aromatic nitrogens is 5. The van der Waals surface area contributed by atoms with Crippen LogP contribution in [-0.4, -0.2) is 48.5 Å². The summed E-state index contributed by atoms with van der Waals surface area (Å²) in [5.74, 6) is -1.22. The Hall–Kier alpha value is -8.74. The van der Waals surface area contributed by atoms with Crippen LogP contribution < -0.4 is 21.3 Å². The van der Waals surface area contributed by atoms with Gasteiger partial charge in [-0.2, -0.15) is 10.5 Å². The van der Waals surface area contributed by atoms with Crippen molar-refractivity contribution in [3.8, 4) is 23.4 Å². The van der Waals surface area contributed by atoms with E-state index in [9.17, 15) is 29.7 Å². The summed E-state index contributed by atoms with van der Waals surface area (Å²) in [5, 5.41) is 30.6. The quantitative estimate of drug-likeness (QED) is 0.0952. The Morgan fingerprint density at radius 3 is 1.53 bits per heavy atom. The summed E-state index contributed by atoms with van der Waals surface area (Å²) >= 11 is 8.34. The van der Waals surface area contributed by atoms with Crippen molar-refractivity contribution in [2.75, 3.05) is 21.3 Å². The molecule has 0 saturated heterocycles. The van der Waals surface area contributed by atoms with Crippen LogP contribution in [0, 0.1) is 36.5 Å². The monoisotopic (exact) mass is 1020 g/mol. The molecule has 0 fully saturated rings. The summed E-state index contributed by atoms with van der Waals surface area (Å²) in [5.41, 5.74) is 7.63. The number of hydrogen-bond acceptors (Lipinski definition) is 13. The molecule has 0 aliphatic rings. The molecule has 0 saturated carbocycles. The van der Waals surface area contributed by atoms with Gasteiger partial charge < -0.3 is 21.3 Å². The van der Waals surface area contributed by atoms with Gasteiger partial charge in [0.25, 0.3) is 23.6 Å². The number of amides is 4. The minimum absolute atomic E-state index is 0.266. The van der Waals surface area contributed by atoms with Crippen molar-refractivity contribution >= 4 is 101 Å². The predicted molar refractivity (Wildman–Crippen MR) is 287 cm³/mol. The number of pyridine rings is 1.